The van der Waals surface area contributed by atoms with Crippen LogP contribution in [0.1, 0.15) is 6.92 Å². The summed E-state index contributed by atoms with van der Waals surface area (Å²) in [6.45, 7) is 1.84. The fourth-order valence-electron chi connectivity index (χ4n) is 0.423. The smallest absolute Gasteiger partial charge is 0.465 e. The molecule has 0 fully saturated rings. The zero-order valence-corrected chi connectivity index (χ0v) is 7.69. The van der Waals surface area contributed by atoms with Crippen LogP contribution in [0.5, 0.6) is 0 Å². The largest absolute Gasteiger partial charge is 1.00 e. The minimum atomic E-state index is -1.17. The van der Waals surface area contributed by atoms with Crippen LogP contribution in [0.3, 0.4) is 0 Å². The van der Waals surface area contributed by atoms with Gasteiger partial charge in [-0.25, -0.2) is 9.90 Å². The van der Waals surface area contributed by atoms with Crippen molar-refractivity contribution in [2.75, 3.05) is 6.54 Å². The molecule has 13 heavy (non-hydrogen) atoms. The van der Waals surface area contributed by atoms with Crippen LogP contribution >= 0.6 is 0 Å². The van der Waals surface area contributed by atoms with E-state index in [2.05, 4.69) is 5.10 Å². The molecule has 0 spiro atoms. The number of hydrogen-bond acceptors (Lipinski definition) is 3. The van der Waals surface area contributed by atoms with Crippen molar-refractivity contribution in [1.29, 1.82) is 0 Å². The second kappa shape index (κ2) is 7.38. The molecule has 0 bridgehead atoms. The fraction of sp³-hybridized carbons (Fsp3) is 0.400. The minimum Gasteiger partial charge on any atom is -0.465 e. The van der Waals surface area contributed by atoms with Crippen molar-refractivity contribution in [3.8, 4) is 0 Å². The van der Waals surface area contributed by atoms with Crippen molar-refractivity contribution in [3.63, 3.8) is 0 Å². The predicted molar refractivity (Wildman–Crippen MR) is 41.8 cm³/mol. The molecule has 0 aromatic heterocycles. The summed E-state index contributed by atoms with van der Waals surface area (Å²) < 4.78 is 0. The molecule has 0 atom stereocenters. The summed E-state index contributed by atoms with van der Waals surface area (Å²) in [7, 11) is 0. The molecule has 8 heteroatoms. The van der Waals surface area contributed by atoms with E-state index in [0.717, 1.165) is 11.2 Å². The Labute approximate surface area is 85.4 Å². The molecule has 3 N–H and O–H groups in total. The first-order chi connectivity index (χ1) is 5.57. The van der Waals surface area contributed by atoms with Gasteiger partial charge in [0.1, 0.15) is 0 Å². The van der Waals surface area contributed by atoms with Crippen LogP contribution in [0, 0.1) is 0 Å². The number of carbonyl (C=O) groups excluding carboxylic acids is 1. The molecule has 0 heterocycles. The number of urea groups is 1. The van der Waals surface area contributed by atoms with Gasteiger partial charge in [-0.15, -0.1) is 0 Å². The molecule has 0 aliphatic rings. The first-order valence-electron chi connectivity index (χ1n) is 3.12. The van der Waals surface area contributed by atoms with Crippen LogP contribution in [0.25, 0.3) is 5.73 Å². The van der Waals surface area contributed by atoms with Crippen molar-refractivity contribution < 1.29 is 31.8 Å². The Morgan fingerprint density at radius 1 is 1.69 bits per heavy atom. The summed E-state index contributed by atoms with van der Waals surface area (Å²) >= 11 is 0. The van der Waals surface area contributed by atoms with E-state index in [1.165, 1.54) is 0 Å². The summed E-state index contributed by atoms with van der Waals surface area (Å²) in [4.78, 5) is 21.1. The van der Waals surface area contributed by atoms with Gasteiger partial charge >= 0.3 is 23.2 Å². The summed E-state index contributed by atoms with van der Waals surface area (Å²) in [5.41, 5.74) is 8.11. The van der Waals surface area contributed by atoms with E-state index in [9.17, 15) is 9.59 Å². The van der Waals surface area contributed by atoms with Crippen LogP contribution in [0.2, 0.25) is 0 Å². The third-order valence-corrected chi connectivity index (χ3v) is 0.950. The summed E-state index contributed by atoms with van der Waals surface area (Å²) in [5, 5.41) is 11.6. The van der Waals surface area contributed by atoms with Crippen LogP contribution in [0.4, 0.5) is 9.59 Å². The average Bonchev–Trinajstić information content (AvgIpc) is 1.96. The van der Waals surface area contributed by atoms with Gasteiger partial charge in [0.2, 0.25) is 0 Å². The number of amides is 3. The van der Waals surface area contributed by atoms with Gasteiger partial charge in [-0.1, -0.05) is 0 Å². The zero-order chi connectivity index (χ0) is 9.56. The molecule has 0 aliphatic carbocycles. The van der Waals surface area contributed by atoms with Crippen molar-refractivity contribution in [2.45, 2.75) is 6.92 Å². The number of carbonyl (C=O) groups is 2. The SMILES string of the molecule is CCN(/C=N\NC([NH-])=O)C(=O)O.[Cu+]. The van der Waals surface area contributed by atoms with E-state index < -0.39 is 12.1 Å². The number of carboxylic acid groups (broad SMARTS) is 1. The third kappa shape index (κ3) is 7.10. The van der Waals surface area contributed by atoms with E-state index in [4.69, 9.17) is 10.8 Å². The molecule has 0 saturated carbocycles. The van der Waals surface area contributed by atoms with E-state index in [-0.39, 0.29) is 23.6 Å². The van der Waals surface area contributed by atoms with Gasteiger partial charge in [-0.05, 0) is 6.92 Å². The topological polar surface area (TPSA) is 106 Å². The van der Waals surface area contributed by atoms with Crippen molar-refractivity contribution in [2.24, 2.45) is 5.10 Å². The first kappa shape index (κ1) is 14.3. The van der Waals surface area contributed by atoms with Gasteiger partial charge in [0.25, 0.3) is 0 Å². The molecule has 3 amide bonds. The quantitative estimate of drug-likeness (QED) is 0.326. The van der Waals surface area contributed by atoms with Crippen LogP contribution in [-0.4, -0.2) is 35.0 Å². The van der Waals surface area contributed by atoms with Crippen molar-refractivity contribution in [3.05, 3.63) is 5.73 Å². The number of hydrogen-bond donors (Lipinski definition) is 2. The fourth-order valence-corrected chi connectivity index (χ4v) is 0.423. The van der Waals surface area contributed by atoms with Gasteiger partial charge < -0.3 is 16.3 Å². The van der Waals surface area contributed by atoms with Crippen LogP contribution in [-0.2, 0) is 17.1 Å². The molecule has 0 radical (unpaired) electrons. The first-order valence-corrected chi connectivity index (χ1v) is 3.12. The molecule has 0 unspecified atom stereocenters. The van der Waals surface area contributed by atoms with E-state index in [0.29, 0.717) is 0 Å². The Morgan fingerprint density at radius 3 is 2.54 bits per heavy atom. The average molecular weight is 237 g/mol. The molecule has 78 valence electrons. The maximum Gasteiger partial charge on any atom is 1.00 e. The normalized spacial score (nSPS) is 9.00. The molecule has 0 saturated heterocycles. The standard InChI is InChI=1S/C5H10N4O3.Cu/c1-2-9(5(11)12)3-7-8-4(6)10;/h3H,2H2,1H3,(H4,6,8,10,11,12);/q;+1/p-1/b7-3-;. The summed E-state index contributed by atoms with van der Waals surface area (Å²) in [6.07, 6.45) is -0.241. The number of hydrazone groups is 1. The Hall–Kier alpha value is -1.27. The Kier molecular flexibility index (Phi) is 8.10. The van der Waals surface area contributed by atoms with Gasteiger partial charge in [0.05, 0.1) is 6.34 Å². The molecular formula is C5H9CuN4O3. The van der Waals surface area contributed by atoms with Crippen LogP contribution in [0.15, 0.2) is 5.10 Å². The molecule has 0 rings (SSSR count). The molecule has 0 aromatic carbocycles. The van der Waals surface area contributed by atoms with Gasteiger partial charge in [0.15, 0.2) is 6.03 Å². The molecule has 0 aromatic rings. The minimum absolute atomic E-state index is 0. The molecular weight excluding hydrogens is 228 g/mol. The second-order valence-corrected chi connectivity index (χ2v) is 1.75. The second-order valence-electron chi connectivity index (χ2n) is 1.75. The molecule has 0 aliphatic heterocycles. The van der Waals surface area contributed by atoms with E-state index in [1.54, 1.807) is 12.3 Å². The van der Waals surface area contributed by atoms with Gasteiger partial charge in [-0.3, -0.25) is 9.69 Å². The third-order valence-electron chi connectivity index (χ3n) is 0.950. The maximum absolute atomic E-state index is 10.3. The van der Waals surface area contributed by atoms with Gasteiger partial charge in [-0.2, -0.15) is 0 Å². The Morgan fingerprint density at radius 2 is 2.23 bits per heavy atom. The summed E-state index contributed by atoms with van der Waals surface area (Å²) in [6, 6.07) is -1.09. The van der Waals surface area contributed by atoms with E-state index in [1.807, 2.05) is 0 Å². The van der Waals surface area contributed by atoms with Gasteiger partial charge in [0, 0.05) is 6.54 Å². The Balaban J connectivity index is 0. The summed E-state index contributed by atoms with van der Waals surface area (Å²) in [5.74, 6) is 0. The molecule has 7 nitrogen and oxygen atoms in total. The van der Waals surface area contributed by atoms with Crippen LogP contribution < -0.4 is 5.43 Å². The van der Waals surface area contributed by atoms with E-state index >= 15 is 0 Å². The number of nitrogens with zero attached hydrogens (tertiary/aromatic N) is 2. The zero-order valence-electron chi connectivity index (χ0n) is 6.74. The number of nitrogens with one attached hydrogen (secondary N) is 2. The predicted octanol–water partition coefficient (Wildman–Crippen LogP) is 0.689. The van der Waals surface area contributed by atoms with Crippen molar-refractivity contribution >= 4 is 18.5 Å². The Bertz CT molecular complexity index is 208. The monoisotopic (exact) mass is 236 g/mol. The number of rotatable bonds is 3. The maximum atomic E-state index is 10.3. The van der Waals surface area contributed by atoms with Crippen molar-refractivity contribution in [1.82, 2.24) is 10.3 Å².